The molecule has 0 fully saturated rings. The molecule has 1 aromatic heterocycles. The maximum atomic E-state index is 11.1. The quantitative estimate of drug-likeness (QED) is 0.883. The van der Waals surface area contributed by atoms with Gasteiger partial charge in [-0.05, 0) is 18.4 Å². The molecule has 0 aliphatic heterocycles. The number of hydrogen-bond donors (Lipinski definition) is 1. The Bertz CT molecular complexity index is 614. The van der Waals surface area contributed by atoms with Crippen molar-refractivity contribution in [1.29, 1.82) is 0 Å². The third-order valence-corrected chi connectivity index (χ3v) is 3.34. The molecule has 0 unspecified atom stereocenters. The number of anilines is 1. The molecule has 2 aromatic rings. The van der Waals surface area contributed by atoms with E-state index in [0.29, 0.717) is 18.1 Å². The minimum Gasteiger partial charge on any atom is -0.478 e. The molecule has 0 saturated heterocycles. The molecule has 1 aromatic carbocycles. The van der Waals surface area contributed by atoms with E-state index in [2.05, 4.69) is 22.1 Å². The average molecular weight is 285 g/mol. The number of rotatable bonds is 6. The minimum atomic E-state index is -0.981. The molecule has 110 valence electrons. The number of carboxylic acids is 1. The first-order valence-electron chi connectivity index (χ1n) is 6.96. The van der Waals surface area contributed by atoms with Crippen LogP contribution >= 0.6 is 0 Å². The highest BCUT2D eigenvalue weighted by Crippen LogP contribution is 2.12. The maximum Gasteiger partial charge on any atom is 0.339 e. The summed E-state index contributed by atoms with van der Waals surface area (Å²) in [4.78, 5) is 21.5. The molecule has 0 aliphatic rings. The first-order valence-corrected chi connectivity index (χ1v) is 6.96. The van der Waals surface area contributed by atoms with Gasteiger partial charge in [0.15, 0.2) is 0 Å². The van der Waals surface area contributed by atoms with Crippen molar-refractivity contribution in [3.8, 4) is 0 Å². The monoisotopic (exact) mass is 285 g/mol. The van der Waals surface area contributed by atoms with Crippen molar-refractivity contribution < 1.29 is 9.90 Å². The van der Waals surface area contributed by atoms with E-state index < -0.39 is 5.97 Å². The molecule has 0 saturated carbocycles. The maximum absolute atomic E-state index is 11.1. The van der Waals surface area contributed by atoms with Crippen LogP contribution in [0.3, 0.4) is 0 Å². The van der Waals surface area contributed by atoms with E-state index in [-0.39, 0.29) is 5.56 Å². The molecular formula is C16H19N3O2. The summed E-state index contributed by atoms with van der Waals surface area (Å²) in [5, 5.41) is 9.08. The summed E-state index contributed by atoms with van der Waals surface area (Å²) in [6, 6.07) is 10.2. The zero-order valence-electron chi connectivity index (χ0n) is 12.3. The number of aromatic nitrogens is 2. The molecule has 5 nitrogen and oxygen atoms in total. The van der Waals surface area contributed by atoms with Crippen LogP contribution in [-0.2, 0) is 12.8 Å². The molecule has 0 amide bonds. The van der Waals surface area contributed by atoms with E-state index in [4.69, 9.17) is 5.11 Å². The summed E-state index contributed by atoms with van der Waals surface area (Å²) in [6.45, 7) is 2.67. The van der Waals surface area contributed by atoms with Gasteiger partial charge in [-0.1, -0.05) is 37.3 Å². The van der Waals surface area contributed by atoms with Gasteiger partial charge in [0, 0.05) is 19.8 Å². The average Bonchev–Trinajstić information content (AvgIpc) is 2.52. The number of carbonyl (C=O) groups is 1. The van der Waals surface area contributed by atoms with Crippen LogP contribution in [0.2, 0.25) is 0 Å². The van der Waals surface area contributed by atoms with Gasteiger partial charge in [0.05, 0.1) is 11.3 Å². The molecular weight excluding hydrogens is 266 g/mol. The number of benzene rings is 1. The Morgan fingerprint density at radius 3 is 2.62 bits per heavy atom. The fourth-order valence-corrected chi connectivity index (χ4v) is 2.08. The van der Waals surface area contributed by atoms with Gasteiger partial charge in [-0.25, -0.2) is 14.8 Å². The Morgan fingerprint density at radius 2 is 2.00 bits per heavy atom. The lowest BCUT2D eigenvalue weighted by atomic mass is 10.1. The van der Waals surface area contributed by atoms with Gasteiger partial charge in [-0.3, -0.25) is 0 Å². The number of aryl methyl sites for hydroxylation is 1. The first kappa shape index (κ1) is 15.0. The molecule has 0 bridgehead atoms. The van der Waals surface area contributed by atoms with E-state index in [1.807, 2.05) is 37.1 Å². The van der Waals surface area contributed by atoms with Crippen LogP contribution in [0.5, 0.6) is 0 Å². The molecule has 1 heterocycles. The van der Waals surface area contributed by atoms with Crippen LogP contribution in [0.4, 0.5) is 5.95 Å². The van der Waals surface area contributed by atoms with E-state index in [1.54, 1.807) is 0 Å². The summed E-state index contributed by atoms with van der Waals surface area (Å²) >= 11 is 0. The van der Waals surface area contributed by atoms with E-state index in [0.717, 1.165) is 13.0 Å². The van der Waals surface area contributed by atoms with Crippen molar-refractivity contribution in [2.75, 3.05) is 18.5 Å². The zero-order chi connectivity index (χ0) is 15.2. The third kappa shape index (κ3) is 3.78. The fraction of sp³-hybridized carbons (Fsp3) is 0.312. The molecule has 5 heteroatoms. The standard InChI is InChI=1S/C16H19N3O2/c1-3-14-13(15(20)21)11-17-16(18-14)19(2)10-9-12-7-5-4-6-8-12/h4-8,11H,3,9-10H2,1-2H3,(H,20,21). The minimum absolute atomic E-state index is 0.178. The summed E-state index contributed by atoms with van der Waals surface area (Å²) in [7, 11) is 1.91. The highest BCUT2D eigenvalue weighted by molar-refractivity contribution is 5.88. The van der Waals surface area contributed by atoms with Gasteiger partial charge in [0.1, 0.15) is 0 Å². The topological polar surface area (TPSA) is 66.3 Å². The second-order valence-electron chi connectivity index (χ2n) is 4.85. The molecule has 0 radical (unpaired) electrons. The van der Waals surface area contributed by atoms with Crippen molar-refractivity contribution in [1.82, 2.24) is 9.97 Å². The second-order valence-corrected chi connectivity index (χ2v) is 4.85. The van der Waals surface area contributed by atoms with Crippen molar-refractivity contribution in [2.24, 2.45) is 0 Å². The largest absolute Gasteiger partial charge is 0.478 e. The molecule has 2 rings (SSSR count). The lowest BCUT2D eigenvalue weighted by Crippen LogP contribution is -2.23. The number of nitrogens with zero attached hydrogens (tertiary/aromatic N) is 3. The van der Waals surface area contributed by atoms with Crippen LogP contribution in [0.25, 0.3) is 0 Å². The van der Waals surface area contributed by atoms with Crippen LogP contribution < -0.4 is 4.90 Å². The zero-order valence-corrected chi connectivity index (χ0v) is 12.3. The lowest BCUT2D eigenvalue weighted by molar-refractivity contribution is 0.0694. The van der Waals surface area contributed by atoms with Gasteiger partial charge in [0.2, 0.25) is 5.95 Å². The van der Waals surface area contributed by atoms with Crippen molar-refractivity contribution >= 4 is 11.9 Å². The Labute approximate surface area is 124 Å². The van der Waals surface area contributed by atoms with Gasteiger partial charge >= 0.3 is 5.97 Å². The van der Waals surface area contributed by atoms with Gasteiger partial charge < -0.3 is 10.0 Å². The fourth-order valence-electron chi connectivity index (χ4n) is 2.08. The highest BCUT2D eigenvalue weighted by Gasteiger charge is 2.13. The van der Waals surface area contributed by atoms with Crippen LogP contribution in [0.15, 0.2) is 36.5 Å². The molecule has 0 spiro atoms. The molecule has 0 aliphatic carbocycles. The molecule has 1 N–H and O–H groups in total. The summed E-state index contributed by atoms with van der Waals surface area (Å²) in [5.74, 6) is -0.418. The molecule has 0 atom stereocenters. The summed E-state index contributed by atoms with van der Waals surface area (Å²) in [6.07, 6.45) is 2.86. The number of carboxylic acid groups (broad SMARTS) is 1. The summed E-state index contributed by atoms with van der Waals surface area (Å²) < 4.78 is 0. The SMILES string of the molecule is CCc1nc(N(C)CCc2ccccc2)ncc1C(=O)O. The van der Waals surface area contributed by atoms with Gasteiger partial charge in [-0.15, -0.1) is 0 Å². The van der Waals surface area contributed by atoms with Gasteiger partial charge in [0.25, 0.3) is 0 Å². The van der Waals surface area contributed by atoms with Crippen LogP contribution in [0, 0.1) is 0 Å². The van der Waals surface area contributed by atoms with Crippen molar-refractivity contribution in [2.45, 2.75) is 19.8 Å². The Morgan fingerprint density at radius 1 is 1.29 bits per heavy atom. The smallest absolute Gasteiger partial charge is 0.339 e. The van der Waals surface area contributed by atoms with E-state index in [1.165, 1.54) is 11.8 Å². The molecule has 21 heavy (non-hydrogen) atoms. The first-order chi connectivity index (χ1) is 10.1. The Balaban J connectivity index is 2.08. The lowest BCUT2D eigenvalue weighted by Gasteiger charge is -2.18. The predicted octanol–water partition coefficient (Wildman–Crippen LogP) is 2.42. The Hall–Kier alpha value is -2.43. The number of likely N-dealkylation sites (N-methyl/N-ethyl adjacent to an activating group) is 1. The van der Waals surface area contributed by atoms with Gasteiger partial charge in [-0.2, -0.15) is 0 Å². The van der Waals surface area contributed by atoms with Crippen molar-refractivity contribution in [3.05, 3.63) is 53.3 Å². The number of aromatic carboxylic acids is 1. The normalized spacial score (nSPS) is 10.4. The Kier molecular flexibility index (Phi) is 4.87. The summed E-state index contributed by atoms with van der Waals surface area (Å²) in [5.41, 5.74) is 2.00. The highest BCUT2D eigenvalue weighted by atomic mass is 16.4. The number of hydrogen-bond acceptors (Lipinski definition) is 4. The van der Waals surface area contributed by atoms with Crippen LogP contribution in [0.1, 0.15) is 28.5 Å². The van der Waals surface area contributed by atoms with E-state index >= 15 is 0 Å². The van der Waals surface area contributed by atoms with Crippen LogP contribution in [-0.4, -0.2) is 34.6 Å². The van der Waals surface area contributed by atoms with Crippen molar-refractivity contribution in [3.63, 3.8) is 0 Å². The second kappa shape index (κ2) is 6.83. The third-order valence-electron chi connectivity index (χ3n) is 3.34. The predicted molar refractivity (Wildman–Crippen MR) is 81.8 cm³/mol. The van der Waals surface area contributed by atoms with E-state index in [9.17, 15) is 4.79 Å².